The largest absolute Gasteiger partial charge is 0.494 e. The number of aryl methyl sites for hydroxylation is 1. The van der Waals surface area contributed by atoms with Gasteiger partial charge in [-0.2, -0.15) is 4.98 Å². The van der Waals surface area contributed by atoms with Crippen LogP contribution in [0.5, 0.6) is 5.75 Å². The highest BCUT2D eigenvalue weighted by atomic mass is 19.1. The van der Waals surface area contributed by atoms with Crippen molar-refractivity contribution in [3.05, 3.63) is 101 Å². The molecule has 1 aliphatic heterocycles. The Morgan fingerprint density at radius 2 is 1.81 bits per heavy atom. The third-order valence-electron chi connectivity index (χ3n) is 6.11. The summed E-state index contributed by atoms with van der Waals surface area (Å²) < 4.78 is 25.7. The number of hydrogen-bond acceptors (Lipinski definition) is 5. The molecule has 7 nitrogen and oxygen atoms in total. The van der Waals surface area contributed by atoms with Gasteiger partial charge in [-0.25, -0.2) is 9.18 Å². The van der Waals surface area contributed by atoms with Crippen molar-refractivity contribution in [3.8, 4) is 17.1 Å². The topological polar surface area (TPSA) is 80.5 Å². The van der Waals surface area contributed by atoms with Crippen molar-refractivity contribution in [2.45, 2.75) is 26.8 Å². The zero-order valence-electron chi connectivity index (χ0n) is 20.2. The molecule has 3 aromatic carbocycles. The number of hydrogen-bond donors (Lipinski definition) is 1. The highest BCUT2D eigenvalue weighted by Gasteiger charge is 2.36. The van der Waals surface area contributed by atoms with Crippen molar-refractivity contribution in [3.63, 3.8) is 0 Å². The zero-order chi connectivity index (χ0) is 25.2. The van der Waals surface area contributed by atoms with Gasteiger partial charge in [-0.05, 0) is 56.2 Å². The third kappa shape index (κ3) is 4.33. The number of halogens is 1. The number of carbonyl (C=O) groups excluding carboxylic acids is 1. The molecule has 0 spiro atoms. The molecule has 1 unspecified atom stereocenters. The van der Waals surface area contributed by atoms with E-state index in [1.54, 1.807) is 26.0 Å². The Hall–Kier alpha value is -4.46. The van der Waals surface area contributed by atoms with E-state index in [1.165, 1.54) is 11.0 Å². The van der Waals surface area contributed by atoms with Gasteiger partial charge >= 0.3 is 6.03 Å². The average Bonchev–Trinajstić information content (AvgIpc) is 3.37. The summed E-state index contributed by atoms with van der Waals surface area (Å²) in [6.07, 6.45) is 0. The van der Waals surface area contributed by atoms with Crippen molar-refractivity contribution in [1.82, 2.24) is 15.5 Å². The van der Waals surface area contributed by atoms with Crippen molar-refractivity contribution >= 4 is 17.3 Å². The molecule has 2 amide bonds. The number of nitrogens with zero attached hydrogens (tertiary/aromatic N) is 3. The summed E-state index contributed by atoms with van der Waals surface area (Å²) in [5.41, 5.74) is 3.70. The molecule has 4 aromatic rings. The summed E-state index contributed by atoms with van der Waals surface area (Å²) in [5, 5.41) is 7.21. The molecule has 182 valence electrons. The molecule has 1 aromatic heterocycles. The van der Waals surface area contributed by atoms with Crippen LogP contribution in [0, 0.1) is 12.7 Å². The van der Waals surface area contributed by atoms with Gasteiger partial charge in [0.25, 0.3) is 5.89 Å². The molecular weight excluding hydrogens is 459 g/mol. The highest BCUT2D eigenvalue weighted by Crippen LogP contribution is 2.39. The first-order valence-corrected chi connectivity index (χ1v) is 11.7. The average molecular weight is 485 g/mol. The molecule has 0 fully saturated rings. The van der Waals surface area contributed by atoms with Gasteiger partial charge < -0.3 is 14.6 Å². The SMILES string of the molecule is CCOc1ccc(C2NC(=O)N(c3ccc(C)c(F)c3)C(C)=C2c2nc(-c3ccccc3)no2)cc1. The fraction of sp³-hybridized carbons (Fsp3) is 0.179. The molecule has 5 rings (SSSR count). The highest BCUT2D eigenvalue weighted by molar-refractivity contribution is 6.01. The predicted octanol–water partition coefficient (Wildman–Crippen LogP) is 6.28. The summed E-state index contributed by atoms with van der Waals surface area (Å²) in [6.45, 7) is 5.94. The maximum Gasteiger partial charge on any atom is 0.327 e. The van der Waals surface area contributed by atoms with Crippen LogP contribution in [0.2, 0.25) is 0 Å². The molecule has 1 N–H and O–H groups in total. The number of benzene rings is 3. The lowest BCUT2D eigenvalue weighted by atomic mass is 9.94. The van der Waals surface area contributed by atoms with E-state index in [4.69, 9.17) is 9.26 Å². The summed E-state index contributed by atoms with van der Waals surface area (Å²) in [4.78, 5) is 19.4. The number of anilines is 1. The number of allylic oxidation sites excluding steroid dienone is 1. The van der Waals surface area contributed by atoms with Crippen molar-refractivity contribution in [2.24, 2.45) is 0 Å². The number of ether oxygens (including phenoxy) is 1. The molecule has 1 aliphatic rings. The fourth-order valence-corrected chi connectivity index (χ4v) is 4.26. The van der Waals surface area contributed by atoms with Crippen LogP contribution in [0.25, 0.3) is 17.0 Å². The number of nitrogens with one attached hydrogen (secondary N) is 1. The Labute approximate surface area is 208 Å². The Kier molecular flexibility index (Phi) is 6.25. The van der Waals surface area contributed by atoms with Gasteiger partial charge in [-0.15, -0.1) is 0 Å². The van der Waals surface area contributed by atoms with Gasteiger partial charge in [-0.1, -0.05) is 53.7 Å². The third-order valence-corrected chi connectivity index (χ3v) is 6.11. The molecular formula is C28H25FN4O3. The standard InChI is InChI=1S/C28H25FN4O3/c1-4-35-22-14-11-19(12-15-22)25-24(27-31-26(32-36-27)20-8-6-5-7-9-20)18(3)33(28(34)30-25)21-13-10-17(2)23(29)16-21/h5-16,25H,4H2,1-3H3,(H,30,34). The number of carbonyl (C=O) groups is 1. The second-order valence-electron chi connectivity index (χ2n) is 8.44. The van der Waals surface area contributed by atoms with E-state index in [-0.39, 0.29) is 11.9 Å². The van der Waals surface area contributed by atoms with E-state index in [0.29, 0.717) is 35.0 Å². The van der Waals surface area contributed by atoms with Gasteiger partial charge in [0.15, 0.2) is 0 Å². The molecule has 2 heterocycles. The van der Waals surface area contributed by atoms with Crippen molar-refractivity contribution < 1.29 is 18.4 Å². The van der Waals surface area contributed by atoms with Crippen LogP contribution in [-0.4, -0.2) is 22.8 Å². The van der Waals surface area contributed by atoms with E-state index in [0.717, 1.165) is 16.9 Å². The zero-order valence-corrected chi connectivity index (χ0v) is 20.2. The Morgan fingerprint density at radius 3 is 2.50 bits per heavy atom. The first-order chi connectivity index (χ1) is 17.5. The fourth-order valence-electron chi connectivity index (χ4n) is 4.26. The quantitative estimate of drug-likeness (QED) is 0.348. The summed E-state index contributed by atoms with van der Waals surface area (Å²) in [6, 6.07) is 20.7. The maximum atomic E-state index is 14.4. The minimum Gasteiger partial charge on any atom is -0.494 e. The molecule has 8 heteroatoms. The molecule has 0 saturated carbocycles. The van der Waals surface area contributed by atoms with E-state index in [9.17, 15) is 9.18 Å². The lowest BCUT2D eigenvalue weighted by Gasteiger charge is -2.35. The van der Waals surface area contributed by atoms with Gasteiger partial charge in [-0.3, -0.25) is 4.90 Å². The van der Waals surface area contributed by atoms with Gasteiger partial charge in [0.05, 0.1) is 23.9 Å². The maximum absolute atomic E-state index is 14.4. The van der Waals surface area contributed by atoms with Gasteiger partial charge in [0.2, 0.25) is 5.82 Å². The first kappa shape index (κ1) is 23.3. The lowest BCUT2D eigenvalue weighted by Crippen LogP contribution is -2.46. The van der Waals surface area contributed by atoms with Crippen molar-refractivity contribution in [1.29, 1.82) is 0 Å². The van der Waals surface area contributed by atoms with E-state index >= 15 is 0 Å². The first-order valence-electron chi connectivity index (χ1n) is 11.7. The molecule has 1 atom stereocenters. The monoisotopic (exact) mass is 484 g/mol. The van der Waals surface area contributed by atoms with Crippen LogP contribution in [-0.2, 0) is 0 Å². The second kappa shape index (κ2) is 9.65. The molecule has 0 radical (unpaired) electrons. The van der Waals surface area contributed by atoms with Crippen LogP contribution < -0.4 is 15.0 Å². The minimum absolute atomic E-state index is 0.267. The molecule has 0 bridgehead atoms. The van der Waals surface area contributed by atoms with Crippen LogP contribution in [0.15, 0.2) is 83.0 Å². The smallest absolute Gasteiger partial charge is 0.327 e. The Balaban J connectivity index is 1.63. The van der Waals surface area contributed by atoms with Crippen LogP contribution in [0.1, 0.15) is 36.9 Å². The number of rotatable bonds is 6. The lowest BCUT2D eigenvalue weighted by molar-refractivity contribution is 0.244. The summed E-state index contributed by atoms with van der Waals surface area (Å²) in [7, 11) is 0. The number of urea groups is 1. The Bertz CT molecular complexity index is 1430. The Morgan fingerprint density at radius 1 is 1.06 bits per heavy atom. The summed E-state index contributed by atoms with van der Waals surface area (Å²) in [5.74, 6) is 1.03. The predicted molar refractivity (Wildman–Crippen MR) is 135 cm³/mol. The summed E-state index contributed by atoms with van der Waals surface area (Å²) >= 11 is 0. The van der Waals surface area contributed by atoms with Crippen LogP contribution in [0.3, 0.4) is 0 Å². The van der Waals surface area contributed by atoms with E-state index < -0.39 is 11.9 Å². The normalized spacial score (nSPS) is 15.7. The second-order valence-corrected chi connectivity index (χ2v) is 8.44. The molecule has 36 heavy (non-hydrogen) atoms. The van der Waals surface area contributed by atoms with E-state index in [2.05, 4.69) is 15.5 Å². The number of amides is 2. The van der Waals surface area contributed by atoms with Crippen LogP contribution in [0.4, 0.5) is 14.9 Å². The van der Waals surface area contributed by atoms with Crippen molar-refractivity contribution in [2.75, 3.05) is 11.5 Å². The molecule has 0 saturated heterocycles. The van der Waals surface area contributed by atoms with Crippen LogP contribution >= 0.6 is 0 Å². The molecule has 0 aliphatic carbocycles. The number of aromatic nitrogens is 2. The minimum atomic E-state index is -0.566. The van der Waals surface area contributed by atoms with Gasteiger partial charge in [0, 0.05) is 11.3 Å². The van der Waals surface area contributed by atoms with Gasteiger partial charge in [0.1, 0.15) is 11.6 Å². The van der Waals surface area contributed by atoms with E-state index in [1.807, 2.05) is 61.5 Å².